The van der Waals surface area contributed by atoms with Crippen LogP contribution in [0.3, 0.4) is 0 Å². The zero-order valence-electron chi connectivity index (χ0n) is 12.2. The summed E-state index contributed by atoms with van der Waals surface area (Å²) in [5, 5.41) is 0.0632. The number of anilines is 1. The van der Waals surface area contributed by atoms with Crippen molar-refractivity contribution in [3.05, 3.63) is 46.3 Å². The van der Waals surface area contributed by atoms with Gasteiger partial charge in [0.1, 0.15) is 21.5 Å². The zero-order valence-corrected chi connectivity index (χ0v) is 13.9. The maximum absolute atomic E-state index is 13.6. The van der Waals surface area contributed by atoms with Gasteiger partial charge in [0.15, 0.2) is 4.90 Å². The number of nitrogens with one attached hydrogen (secondary N) is 1. The Morgan fingerprint density at radius 2 is 1.91 bits per heavy atom. The average molecular weight is 361 g/mol. The molecule has 0 aliphatic carbocycles. The number of carbonyl (C=O) groups excluding carboxylic acids is 1. The quantitative estimate of drug-likeness (QED) is 0.830. The van der Waals surface area contributed by atoms with Crippen molar-refractivity contribution in [2.45, 2.75) is 18.7 Å². The smallest absolute Gasteiger partial charge is 0.348 e. The summed E-state index contributed by atoms with van der Waals surface area (Å²) in [5.41, 5.74) is 0.500. The third-order valence-corrected chi connectivity index (χ3v) is 5.48. The highest BCUT2D eigenvalue weighted by Crippen LogP contribution is 2.30. The average Bonchev–Trinajstić information content (AvgIpc) is 2.78. The Labute approximate surface area is 136 Å². The molecule has 0 unspecified atom stereocenters. The van der Waals surface area contributed by atoms with E-state index in [1.807, 2.05) is 0 Å². The van der Waals surface area contributed by atoms with Crippen molar-refractivity contribution in [2.24, 2.45) is 0 Å². The summed E-state index contributed by atoms with van der Waals surface area (Å²) in [4.78, 5) is 10.9. The maximum Gasteiger partial charge on any atom is 0.348 e. The molecule has 5 nitrogen and oxygen atoms in total. The van der Waals surface area contributed by atoms with Crippen LogP contribution in [-0.2, 0) is 14.8 Å². The van der Waals surface area contributed by atoms with Crippen LogP contribution in [0, 0.1) is 18.6 Å². The van der Waals surface area contributed by atoms with Crippen LogP contribution in [0.2, 0.25) is 0 Å². The fraction of sp³-hybridized carbons (Fsp3) is 0.214. The molecule has 9 heteroatoms. The molecule has 0 amide bonds. The van der Waals surface area contributed by atoms with E-state index in [1.54, 1.807) is 13.8 Å². The predicted octanol–water partition coefficient (Wildman–Crippen LogP) is 3.31. The van der Waals surface area contributed by atoms with Gasteiger partial charge in [0.25, 0.3) is 10.0 Å². The van der Waals surface area contributed by atoms with Crippen LogP contribution in [0.1, 0.15) is 22.2 Å². The van der Waals surface area contributed by atoms with E-state index in [2.05, 4.69) is 4.72 Å². The number of carbonyl (C=O) groups is 1. The molecular formula is C14H13F2NO4S2. The molecule has 2 aromatic rings. The molecule has 0 fully saturated rings. The molecule has 1 aromatic carbocycles. The van der Waals surface area contributed by atoms with E-state index in [0.717, 1.165) is 29.5 Å². The molecule has 0 bridgehead atoms. The van der Waals surface area contributed by atoms with Crippen molar-refractivity contribution >= 4 is 32.3 Å². The van der Waals surface area contributed by atoms with E-state index in [1.165, 1.54) is 6.07 Å². The molecule has 23 heavy (non-hydrogen) atoms. The van der Waals surface area contributed by atoms with E-state index in [0.29, 0.717) is 5.56 Å². The van der Waals surface area contributed by atoms with Gasteiger partial charge < -0.3 is 4.74 Å². The number of rotatable bonds is 5. The molecule has 124 valence electrons. The minimum atomic E-state index is -4.46. The lowest BCUT2D eigenvalue weighted by Crippen LogP contribution is -2.15. The predicted molar refractivity (Wildman–Crippen MR) is 82.2 cm³/mol. The fourth-order valence-corrected chi connectivity index (χ4v) is 4.24. The van der Waals surface area contributed by atoms with Gasteiger partial charge in [-0.25, -0.2) is 22.0 Å². The maximum atomic E-state index is 13.6. The molecule has 0 spiro atoms. The fourth-order valence-electron chi connectivity index (χ4n) is 1.85. The van der Waals surface area contributed by atoms with Gasteiger partial charge in [0.05, 0.1) is 6.61 Å². The summed E-state index contributed by atoms with van der Waals surface area (Å²) in [6.07, 6.45) is 0. The SMILES string of the molecule is CCOC(=O)c1sc(NS(=O)(=O)c2c(F)cccc2F)cc1C. The molecule has 0 aliphatic heterocycles. The van der Waals surface area contributed by atoms with E-state index in [-0.39, 0.29) is 16.5 Å². The van der Waals surface area contributed by atoms with Crippen LogP contribution in [0.25, 0.3) is 0 Å². The van der Waals surface area contributed by atoms with Gasteiger partial charge in [-0.05, 0) is 37.6 Å². The number of esters is 1. The number of ether oxygens (including phenoxy) is 1. The lowest BCUT2D eigenvalue weighted by molar-refractivity contribution is 0.0531. The van der Waals surface area contributed by atoms with Crippen molar-refractivity contribution in [1.82, 2.24) is 0 Å². The number of sulfonamides is 1. The second kappa shape index (κ2) is 6.63. The van der Waals surface area contributed by atoms with Gasteiger partial charge in [-0.3, -0.25) is 4.72 Å². The van der Waals surface area contributed by atoms with E-state index >= 15 is 0 Å². The molecular weight excluding hydrogens is 348 g/mol. The van der Waals surface area contributed by atoms with Crippen molar-refractivity contribution in [3.63, 3.8) is 0 Å². The van der Waals surface area contributed by atoms with Crippen molar-refractivity contribution < 1.29 is 26.7 Å². The number of aryl methyl sites for hydroxylation is 1. The summed E-state index contributed by atoms with van der Waals surface area (Å²) in [6, 6.07) is 4.16. The second-order valence-electron chi connectivity index (χ2n) is 4.50. The van der Waals surface area contributed by atoms with Crippen LogP contribution in [0.4, 0.5) is 13.8 Å². The minimum Gasteiger partial charge on any atom is -0.462 e. The summed E-state index contributed by atoms with van der Waals surface area (Å²) >= 11 is 0.831. The summed E-state index contributed by atoms with van der Waals surface area (Å²) in [6.45, 7) is 3.42. The largest absolute Gasteiger partial charge is 0.462 e. The summed E-state index contributed by atoms with van der Waals surface area (Å²) < 4.78 is 58.5. The first-order valence-electron chi connectivity index (χ1n) is 6.50. The van der Waals surface area contributed by atoms with Crippen molar-refractivity contribution in [3.8, 4) is 0 Å². The van der Waals surface area contributed by atoms with Crippen LogP contribution >= 0.6 is 11.3 Å². The number of hydrogen-bond acceptors (Lipinski definition) is 5. The van der Waals surface area contributed by atoms with E-state index < -0.39 is 32.5 Å². The number of halogens is 2. The summed E-state index contributed by atoms with van der Waals surface area (Å²) in [5.74, 6) is -2.98. The van der Waals surface area contributed by atoms with Gasteiger partial charge >= 0.3 is 5.97 Å². The zero-order chi connectivity index (χ0) is 17.2. The van der Waals surface area contributed by atoms with Gasteiger partial charge in [-0.1, -0.05) is 6.07 Å². The lowest BCUT2D eigenvalue weighted by Gasteiger charge is -2.07. The highest BCUT2D eigenvalue weighted by Gasteiger charge is 2.25. The molecule has 0 saturated heterocycles. The molecule has 0 saturated carbocycles. The standard InChI is InChI=1S/C14H13F2NO4S2/c1-3-21-14(18)12-8(2)7-11(22-12)17-23(19,20)13-9(15)5-4-6-10(13)16/h4-7,17H,3H2,1-2H3. The van der Waals surface area contributed by atoms with Crippen LogP contribution in [-0.4, -0.2) is 21.0 Å². The Morgan fingerprint density at radius 1 is 1.30 bits per heavy atom. The Bertz CT molecular complexity index is 826. The van der Waals surface area contributed by atoms with E-state index in [4.69, 9.17) is 4.74 Å². The first-order chi connectivity index (χ1) is 10.8. The molecule has 0 atom stereocenters. The first-order valence-corrected chi connectivity index (χ1v) is 8.80. The molecule has 2 rings (SSSR count). The Hall–Kier alpha value is -2.00. The normalized spacial score (nSPS) is 11.3. The number of hydrogen-bond donors (Lipinski definition) is 1. The van der Waals surface area contributed by atoms with Crippen LogP contribution in [0.5, 0.6) is 0 Å². The lowest BCUT2D eigenvalue weighted by atomic mass is 10.3. The molecule has 1 heterocycles. The van der Waals surface area contributed by atoms with Gasteiger partial charge in [0, 0.05) is 0 Å². The second-order valence-corrected chi connectivity index (χ2v) is 7.17. The van der Waals surface area contributed by atoms with Gasteiger partial charge in [0.2, 0.25) is 0 Å². The van der Waals surface area contributed by atoms with Crippen molar-refractivity contribution in [2.75, 3.05) is 11.3 Å². The van der Waals surface area contributed by atoms with E-state index in [9.17, 15) is 22.0 Å². The Morgan fingerprint density at radius 3 is 2.48 bits per heavy atom. The topological polar surface area (TPSA) is 72.5 Å². The molecule has 0 aliphatic rings. The third-order valence-electron chi connectivity index (χ3n) is 2.80. The van der Waals surface area contributed by atoms with Crippen LogP contribution < -0.4 is 4.72 Å². The van der Waals surface area contributed by atoms with Crippen molar-refractivity contribution in [1.29, 1.82) is 0 Å². The molecule has 1 N–H and O–H groups in total. The molecule has 0 radical (unpaired) electrons. The Balaban J connectivity index is 2.35. The first kappa shape index (κ1) is 17.4. The number of thiophene rings is 1. The van der Waals surface area contributed by atoms with Crippen LogP contribution in [0.15, 0.2) is 29.2 Å². The highest BCUT2D eigenvalue weighted by molar-refractivity contribution is 7.93. The highest BCUT2D eigenvalue weighted by atomic mass is 32.2. The number of benzene rings is 1. The third kappa shape index (κ3) is 3.67. The Kier molecular flexibility index (Phi) is 5.00. The summed E-state index contributed by atoms with van der Waals surface area (Å²) in [7, 11) is -4.46. The minimum absolute atomic E-state index is 0.0632. The molecule has 1 aromatic heterocycles. The van der Waals surface area contributed by atoms with Gasteiger partial charge in [-0.2, -0.15) is 0 Å². The monoisotopic (exact) mass is 361 g/mol. The van der Waals surface area contributed by atoms with Gasteiger partial charge in [-0.15, -0.1) is 11.3 Å².